The molecule has 1 unspecified atom stereocenters. The molecule has 2 rings (SSSR count). The molecule has 1 amide bonds. The van der Waals surface area contributed by atoms with E-state index in [1.807, 2.05) is 31.2 Å². The molecule has 6 nitrogen and oxygen atoms in total. The molecule has 1 aromatic heterocycles. The van der Waals surface area contributed by atoms with E-state index >= 15 is 0 Å². The number of aliphatic carboxylic acids is 1. The normalized spacial score (nSPS) is 11.9. The molecule has 0 aliphatic heterocycles. The van der Waals surface area contributed by atoms with Crippen LogP contribution in [0.3, 0.4) is 0 Å². The standard InChI is InChI=1S/C16H19N3O3/c1-11-4-3-5-12(6-11)7-13(16(21)22)8-17-15(20)14-9-18-19(2)10-14/h3-6,9-10,13H,7-8H2,1-2H3,(H,17,20)(H,21,22). The van der Waals surface area contributed by atoms with Crippen LogP contribution in [0.5, 0.6) is 0 Å². The summed E-state index contributed by atoms with van der Waals surface area (Å²) < 4.78 is 1.52. The first-order chi connectivity index (χ1) is 10.5. The van der Waals surface area contributed by atoms with Crippen molar-refractivity contribution in [2.75, 3.05) is 6.54 Å². The fourth-order valence-corrected chi connectivity index (χ4v) is 2.23. The SMILES string of the molecule is Cc1cccc(CC(CNC(=O)c2cnn(C)c2)C(=O)O)c1. The van der Waals surface area contributed by atoms with Gasteiger partial charge in [0.2, 0.25) is 0 Å². The van der Waals surface area contributed by atoms with Crippen molar-refractivity contribution in [3.63, 3.8) is 0 Å². The van der Waals surface area contributed by atoms with Gasteiger partial charge in [0.1, 0.15) is 0 Å². The lowest BCUT2D eigenvalue weighted by atomic mass is 9.98. The Morgan fingerprint density at radius 3 is 2.77 bits per heavy atom. The monoisotopic (exact) mass is 301 g/mol. The molecule has 0 fully saturated rings. The van der Waals surface area contributed by atoms with Crippen molar-refractivity contribution in [2.45, 2.75) is 13.3 Å². The van der Waals surface area contributed by atoms with Crippen molar-refractivity contribution >= 4 is 11.9 Å². The maximum Gasteiger partial charge on any atom is 0.308 e. The van der Waals surface area contributed by atoms with Gasteiger partial charge in [0.25, 0.3) is 5.91 Å². The third-order valence-corrected chi connectivity index (χ3v) is 3.39. The van der Waals surface area contributed by atoms with Crippen LogP contribution in [0.2, 0.25) is 0 Å². The zero-order valence-corrected chi connectivity index (χ0v) is 12.6. The number of carbonyl (C=O) groups excluding carboxylic acids is 1. The summed E-state index contributed by atoms with van der Waals surface area (Å²) in [6, 6.07) is 7.71. The van der Waals surface area contributed by atoms with Gasteiger partial charge in [-0.25, -0.2) is 0 Å². The molecule has 0 saturated heterocycles. The van der Waals surface area contributed by atoms with Crippen LogP contribution in [0, 0.1) is 12.8 Å². The second-order valence-corrected chi connectivity index (χ2v) is 5.34. The Labute approximate surface area is 128 Å². The van der Waals surface area contributed by atoms with E-state index in [4.69, 9.17) is 0 Å². The second-order valence-electron chi connectivity index (χ2n) is 5.34. The summed E-state index contributed by atoms with van der Waals surface area (Å²) in [5, 5.41) is 15.9. The van der Waals surface area contributed by atoms with Crippen LogP contribution in [-0.4, -0.2) is 33.3 Å². The Morgan fingerprint density at radius 1 is 1.41 bits per heavy atom. The minimum absolute atomic E-state index is 0.0804. The second kappa shape index (κ2) is 6.89. The van der Waals surface area contributed by atoms with E-state index in [-0.39, 0.29) is 12.5 Å². The van der Waals surface area contributed by atoms with Gasteiger partial charge in [-0.05, 0) is 18.9 Å². The summed E-state index contributed by atoms with van der Waals surface area (Å²) in [4.78, 5) is 23.3. The third kappa shape index (κ3) is 4.18. The van der Waals surface area contributed by atoms with Crippen molar-refractivity contribution in [2.24, 2.45) is 13.0 Å². The Morgan fingerprint density at radius 2 is 2.18 bits per heavy atom. The molecule has 1 atom stereocenters. The molecule has 22 heavy (non-hydrogen) atoms. The van der Waals surface area contributed by atoms with Crippen LogP contribution >= 0.6 is 0 Å². The Bertz CT molecular complexity index is 679. The van der Waals surface area contributed by atoms with Crippen LogP contribution in [0.1, 0.15) is 21.5 Å². The summed E-state index contributed by atoms with van der Waals surface area (Å²) in [6.45, 7) is 2.04. The number of carboxylic acid groups (broad SMARTS) is 1. The minimum atomic E-state index is -0.923. The van der Waals surface area contributed by atoms with E-state index in [1.54, 1.807) is 13.2 Å². The highest BCUT2D eigenvalue weighted by atomic mass is 16.4. The highest BCUT2D eigenvalue weighted by molar-refractivity contribution is 5.93. The topological polar surface area (TPSA) is 84.2 Å². The van der Waals surface area contributed by atoms with Gasteiger partial charge in [0.15, 0.2) is 0 Å². The number of carboxylic acids is 1. The van der Waals surface area contributed by atoms with Crippen molar-refractivity contribution < 1.29 is 14.7 Å². The molecule has 116 valence electrons. The highest BCUT2D eigenvalue weighted by Crippen LogP contribution is 2.11. The van der Waals surface area contributed by atoms with E-state index in [1.165, 1.54) is 10.9 Å². The molecule has 0 saturated carbocycles. The number of nitrogens with one attached hydrogen (secondary N) is 1. The maximum atomic E-state index is 11.9. The van der Waals surface area contributed by atoms with Gasteiger partial charge in [-0.1, -0.05) is 29.8 Å². The first kappa shape index (κ1) is 15.8. The van der Waals surface area contributed by atoms with E-state index in [2.05, 4.69) is 10.4 Å². The van der Waals surface area contributed by atoms with Crippen LogP contribution in [0.15, 0.2) is 36.7 Å². The van der Waals surface area contributed by atoms with Gasteiger partial charge in [-0.2, -0.15) is 5.10 Å². The Balaban J connectivity index is 1.97. The van der Waals surface area contributed by atoms with Gasteiger partial charge < -0.3 is 10.4 Å². The summed E-state index contributed by atoms with van der Waals surface area (Å²) >= 11 is 0. The van der Waals surface area contributed by atoms with Crippen LogP contribution in [-0.2, 0) is 18.3 Å². The number of nitrogens with zero attached hydrogens (tertiary/aromatic N) is 2. The quantitative estimate of drug-likeness (QED) is 0.844. The lowest BCUT2D eigenvalue weighted by molar-refractivity contribution is -0.141. The summed E-state index contributed by atoms with van der Waals surface area (Å²) in [5.74, 6) is -1.90. The van der Waals surface area contributed by atoms with Crippen LogP contribution in [0.4, 0.5) is 0 Å². The number of rotatable bonds is 6. The van der Waals surface area contributed by atoms with Gasteiger partial charge in [0, 0.05) is 19.8 Å². The van der Waals surface area contributed by atoms with Gasteiger partial charge in [-0.3, -0.25) is 14.3 Å². The smallest absolute Gasteiger partial charge is 0.308 e. The predicted molar refractivity (Wildman–Crippen MR) is 81.6 cm³/mol. The molecular weight excluding hydrogens is 282 g/mol. The van der Waals surface area contributed by atoms with Crippen molar-refractivity contribution in [3.05, 3.63) is 53.3 Å². The summed E-state index contributed by atoms with van der Waals surface area (Å²) in [5.41, 5.74) is 2.45. The zero-order valence-electron chi connectivity index (χ0n) is 12.6. The lowest BCUT2D eigenvalue weighted by Crippen LogP contribution is -2.34. The van der Waals surface area contributed by atoms with Crippen LogP contribution in [0.25, 0.3) is 0 Å². The van der Waals surface area contributed by atoms with Crippen molar-refractivity contribution in [1.82, 2.24) is 15.1 Å². The molecule has 1 heterocycles. The zero-order chi connectivity index (χ0) is 16.1. The minimum Gasteiger partial charge on any atom is -0.481 e. The summed E-state index contributed by atoms with van der Waals surface area (Å²) in [7, 11) is 1.72. The molecule has 2 N–H and O–H groups in total. The maximum absolute atomic E-state index is 11.9. The van der Waals surface area contributed by atoms with Gasteiger partial charge >= 0.3 is 5.97 Å². The van der Waals surface area contributed by atoms with E-state index in [0.717, 1.165) is 11.1 Å². The van der Waals surface area contributed by atoms with E-state index in [0.29, 0.717) is 12.0 Å². The number of hydrogen-bond donors (Lipinski definition) is 2. The number of carbonyl (C=O) groups is 2. The average molecular weight is 301 g/mol. The van der Waals surface area contributed by atoms with Gasteiger partial charge in [-0.15, -0.1) is 0 Å². The molecule has 6 heteroatoms. The molecule has 1 aromatic carbocycles. The van der Waals surface area contributed by atoms with Crippen molar-refractivity contribution in [3.8, 4) is 0 Å². The lowest BCUT2D eigenvalue weighted by Gasteiger charge is -2.13. The van der Waals surface area contributed by atoms with Crippen molar-refractivity contribution in [1.29, 1.82) is 0 Å². The first-order valence-electron chi connectivity index (χ1n) is 7.01. The van der Waals surface area contributed by atoms with E-state index in [9.17, 15) is 14.7 Å². The van der Waals surface area contributed by atoms with Gasteiger partial charge in [0.05, 0.1) is 17.7 Å². The largest absolute Gasteiger partial charge is 0.481 e. The Hall–Kier alpha value is -2.63. The molecule has 0 aliphatic carbocycles. The molecule has 2 aromatic rings. The third-order valence-electron chi connectivity index (χ3n) is 3.39. The average Bonchev–Trinajstić information content (AvgIpc) is 2.89. The number of amides is 1. The first-order valence-corrected chi connectivity index (χ1v) is 7.01. The number of hydrogen-bond acceptors (Lipinski definition) is 3. The predicted octanol–water partition coefficient (Wildman–Crippen LogP) is 1.40. The number of aryl methyl sites for hydroxylation is 2. The number of benzene rings is 1. The Kier molecular flexibility index (Phi) is 4.93. The molecule has 0 aliphatic rings. The summed E-state index contributed by atoms with van der Waals surface area (Å²) in [6.07, 6.45) is 3.42. The molecule has 0 radical (unpaired) electrons. The fourth-order valence-electron chi connectivity index (χ4n) is 2.23. The fraction of sp³-hybridized carbons (Fsp3) is 0.312. The van der Waals surface area contributed by atoms with E-state index < -0.39 is 11.9 Å². The van der Waals surface area contributed by atoms with Crippen LogP contribution < -0.4 is 5.32 Å². The molecular formula is C16H19N3O3. The molecule has 0 bridgehead atoms. The number of aromatic nitrogens is 2. The molecule has 0 spiro atoms. The highest BCUT2D eigenvalue weighted by Gasteiger charge is 2.19.